The summed E-state index contributed by atoms with van der Waals surface area (Å²) in [6, 6.07) is 5.90. The van der Waals surface area contributed by atoms with Crippen molar-refractivity contribution in [3.8, 4) is 5.75 Å². The lowest BCUT2D eigenvalue weighted by atomic mass is 9.88. The van der Waals surface area contributed by atoms with Gasteiger partial charge in [0, 0.05) is 24.8 Å². The summed E-state index contributed by atoms with van der Waals surface area (Å²) in [6.45, 7) is 11.4. The molecule has 1 rings (SSSR count). The zero-order chi connectivity index (χ0) is 13.8. The molecule has 3 N–H and O–H groups in total. The molecule has 3 heteroatoms. The van der Waals surface area contributed by atoms with Crippen molar-refractivity contribution in [1.29, 1.82) is 0 Å². The summed E-state index contributed by atoms with van der Waals surface area (Å²) in [7, 11) is 1.88. The Labute approximate surface area is 110 Å². The van der Waals surface area contributed by atoms with E-state index in [-0.39, 0.29) is 5.41 Å². The largest absolute Gasteiger partial charge is 0.489 e. The highest BCUT2D eigenvalue weighted by atomic mass is 16.5. The molecule has 0 radical (unpaired) electrons. The molecule has 3 nitrogen and oxygen atoms in total. The fraction of sp³-hybridized carbons (Fsp3) is 0.467. The Morgan fingerprint density at radius 3 is 2.56 bits per heavy atom. The first-order valence-corrected chi connectivity index (χ1v) is 6.21. The van der Waals surface area contributed by atoms with Gasteiger partial charge in [-0.3, -0.25) is 0 Å². The standard InChI is InChI=1S/C15H24N2O/c1-11(15(2,3)4)10-18-14-8-6-7-13(17-5)12(14)9-16/h6-8,17H,1,9-10,16H2,2-5H3. The normalized spacial score (nSPS) is 11.2. The van der Waals surface area contributed by atoms with E-state index < -0.39 is 0 Å². The molecule has 0 aromatic heterocycles. The number of nitrogens with two attached hydrogens (primary N) is 1. The third-order valence-corrected chi connectivity index (χ3v) is 3.07. The number of benzene rings is 1. The molecular weight excluding hydrogens is 224 g/mol. The first-order chi connectivity index (χ1) is 8.40. The van der Waals surface area contributed by atoms with Gasteiger partial charge in [-0.1, -0.05) is 33.4 Å². The molecule has 0 unspecified atom stereocenters. The smallest absolute Gasteiger partial charge is 0.126 e. The van der Waals surface area contributed by atoms with Crippen LogP contribution in [0.1, 0.15) is 26.3 Å². The van der Waals surface area contributed by atoms with Gasteiger partial charge in [0.1, 0.15) is 12.4 Å². The van der Waals surface area contributed by atoms with Crippen molar-refractivity contribution in [3.05, 3.63) is 35.9 Å². The minimum Gasteiger partial charge on any atom is -0.489 e. The van der Waals surface area contributed by atoms with Crippen LogP contribution >= 0.6 is 0 Å². The highest BCUT2D eigenvalue weighted by Crippen LogP contribution is 2.28. The predicted molar refractivity (Wildman–Crippen MR) is 78.0 cm³/mol. The molecule has 0 spiro atoms. The third-order valence-electron chi connectivity index (χ3n) is 3.07. The molecule has 18 heavy (non-hydrogen) atoms. The summed E-state index contributed by atoms with van der Waals surface area (Å²) in [5.74, 6) is 0.828. The summed E-state index contributed by atoms with van der Waals surface area (Å²) in [4.78, 5) is 0. The monoisotopic (exact) mass is 248 g/mol. The van der Waals surface area contributed by atoms with Gasteiger partial charge >= 0.3 is 0 Å². The van der Waals surface area contributed by atoms with Gasteiger partial charge in [0.2, 0.25) is 0 Å². The second-order valence-electron chi connectivity index (χ2n) is 5.38. The number of hydrogen-bond donors (Lipinski definition) is 2. The molecule has 0 aliphatic carbocycles. The first-order valence-electron chi connectivity index (χ1n) is 6.21. The van der Waals surface area contributed by atoms with Crippen LogP contribution in [0.25, 0.3) is 0 Å². The third kappa shape index (κ3) is 3.50. The number of ether oxygens (including phenoxy) is 1. The van der Waals surface area contributed by atoms with Crippen molar-refractivity contribution in [1.82, 2.24) is 0 Å². The molecule has 0 atom stereocenters. The van der Waals surface area contributed by atoms with Crippen molar-refractivity contribution in [2.24, 2.45) is 11.1 Å². The van der Waals surface area contributed by atoms with Crippen molar-refractivity contribution in [2.45, 2.75) is 27.3 Å². The summed E-state index contributed by atoms with van der Waals surface area (Å²) in [5.41, 5.74) is 8.92. The second-order valence-corrected chi connectivity index (χ2v) is 5.38. The molecule has 0 amide bonds. The van der Waals surface area contributed by atoms with Crippen LogP contribution in [0.15, 0.2) is 30.4 Å². The van der Waals surface area contributed by atoms with E-state index in [2.05, 4.69) is 32.7 Å². The quantitative estimate of drug-likeness (QED) is 0.787. The molecule has 1 aromatic carbocycles. The molecule has 0 bridgehead atoms. The van der Waals surface area contributed by atoms with Crippen molar-refractivity contribution < 1.29 is 4.74 Å². The molecule has 1 aromatic rings. The van der Waals surface area contributed by atoms with E-state index in [0.717, 1.165) is 22.6 Å². The number of hydrogen-bond acceptors (Lipinski definition) is 3. The van der Waals surface area contributed by atoms with Crippen LogP contribution in [-0.2, 0) is 6.54 Å². The summed E-state index contributed by atoms with van der Waals surface area (Å²) >= 11 is 0. The van der Waals surface area contributed by atoms with Crippen molar-refractivity contribution in [3.63, 3.8) is 0 Å². The Morgan fingerprint density at radius 2 is 2.06 bits per heavy atom. The van der Waals surface area contributed by atoms with Gasteiger partial charge in [-0.05, 0) is 23.1 Å². The number of anilines is 1. The van der Waals surface area contributed by atoms with Gasteiger partial charge in [-0.15, -0.1) is 0 Å². The highest BCUT2D eigenvalue weighted by Gasteiger charge is 2.16. The van der Waals surface area contributed by atoms with E-state index in [1.807, 2.05) is 25.2 Å². The fourth-order valence-corrected chi connectivity index (χ4v) is 1.53. The van der Waals surface area contributed by atoms with Crippen LogP contribution in [0.4, 0.5) is 5.69 Å². The summed E-state index contributed by atoms with van der Waals surface area (Å²) in [6.07, 6.45) is 0. The van der Waals surface area contributed by atoms with E-state index in [1.165, 1.54) is 0 Å². The maximum atomic E-state index is 5.84. The van der Waals surface area contributed by atoms with Crippen LogP contribution in [0.2, 0.25) is 0 Å². The Bertz CT molecular complexity index is 419. The number of rotatable bonds is 5. The van der Waals surface area contributed by atoms with E-state index in [0.29, 0.717) is 13.2 Å². The molecular formula is C15H24N2O. The molecule has 0 fully saturated rings. The van der Waals surface area contributed by atoms with E-state index in [4.69, 9.17) is 10.5 Å². The summed E-state index contributed by atoms with van der Waals surface area (Å²) in [5, 5.41) is 3.12. The molecule has 0 aliphatic rings. The van der Waals surface area contributed by atoms with Gasteiger partial charge in [0.25, 0.3) is 0 Å². The lowest BCUT2D eigenvalue weighted by Crippen LogP contribution is -2.16. The Morgan fingerprint density at radius 1 is 1.39 bits per heavy atom. The summed E-state index contributed by atoms with van der Waals surface area (Å²) < 4.78 is 5.84. The van der Waals surface area contributed by atoms with Crippen molar-refractivity contribution in [2.75, 3.05) is 19.0 Å². The highest BCUT2D eigenvalue weighted by molar-refractivity contribution is 5.57. The van der Waals surface area contributed by atoms with Crippen LogP contribution in [0.3, 0.4) is 0 Å². The maximum absolute atomic E-state index is 5.84. The number of nitrogens with one attached hydrogen (secondary N) is 1. The lowest BCUT2D eigenvalue weighted by Gasteiger charge is -2.23. The molecule has 0 aliphatic heterocycles. The maximum Gasteiger partial charge on any atom is 0.126 e. The average molecular weight is 248 g/mol. The van der Waals surface area contributed by atoms with Gasteiger partial charge in [-0.2, -0.15) is 0 Å². The van der Waals surface area contributed by atoms with Crippen LogP contribution in [0.5, 0.6) is 5.75 Å². The minimum atomic E-state index is 0.0590. The predicted octanol–water partition coefficient (Wildman–Crippen LogP) is 3.17. The molecule has 0 saturated heterocycles. The van der Waals surface area contributed by atoms with Gasteiger partial charge in [0.15, 0.2) is 0 Å². The molecule has 100 valence electrons. The SMILES string of the molecule is C=C(COc1cccc(NC)c1CN)C(C)(C)C. The Hall–Kier alpha value is -1.48. The molecule has 0 saturated carbocycles. The van der Waals surface area contributed by atoms with Crippen LogP contribution in [-0.4, -0.2) is 13.7 Å². The first kappa shape index (κ1) is 14.6. The zero-order valence-corrected chi connectivity index (χ0v) is 11.8. The Balaban J connectivity index is 2.82. The van der Waals surface area contributed by atoms with E-state index >= 15 is 0 Å². The average Bonchev–Trinajstić information content (AvgIpc) is 2.33. The van der Waals surface area contributed by atoms with Gasteiger partial charge in [0.05, 0.1) is 0 Å². The van der Waals surface area contributed by atoms with Crippen LogP contribution in [0, 0.1) is 5.41 Å². The van der Waals surface area contributed by atoms with Crippen molar-refractivity contribution >= 4 is 5.69 Å². The van der Waals surface area contributed by atoms with E-state index in [1.54, 1.807) is 0 Å². The minimum absolute atomic E-state index is 0.0590. The van der Waals surface area contributed by atoms with Crippen LogP contribution < -0.4 is 15.8 Å². The van der Waals surface area contributed by atoms with E-state index in [9.17, 15) is 0 Å². The zero-order valence-electron chi connectivity index (χ0n) is 11.8. The van der Waals surface area contributed by atoms with Gasteiger partial charge in [-0.25, -0.2) is 0 Å². The Kier molecular flexibility index (Phi) is 4.79. The second kappa shape index (κ2) is 5.91. The fourth-order valence-electron chi connectivity index (χ4n) is 1.53. The molecule has 0 heterocycles. The lowest BCUT2D eigenvalue weighted by molar-refractivity contribution is 0.313. The van der Waals surface area contributed by atoms with Gasteiger partial charge < -0.3 is 15.8 Å². The topological polar surface area (TPSA) is 47.3 Å².